The predicted molar refractivity (Wildman–Crippen MR) is 73.3 cm³/mol. The molecule has 0 radical (unpaired) electrons. The summed E-state index contributed by atoms with van der Waals surface area (Å²) in [5.41, 5.74) is 0. The van der Waals surface area contributed by atoms with E-state index in [9.17, 15) is 9.59 Å². The van der Waals surface area contributed by atoms with Gasteiger partial charge in [0.05, 0.1) is 0 Å². The molecular formula is C12H22O4Se2. The summed E-state index contributed by atoms with van der Waals surface area (Å²) in [5.74, 6) is -1.38. The number of carbonyl (C=O) groups is 2. The van der Waals surface area contributed by atoms with Gasteiger partial charge in [-0.2, -0.15) is 0 Å². The molecule has 0 aliphatic rings. The van der Waals surface area contributed by atoms with Gasteiger partial charge in [-0.3, -0.25) is 0 Å². The molecule has 2 N–H and O–H groups in total. The first-order chi connectivity index (χ1) is 8.63. The standard InChI is InChI=1S/C12H22O4Se2/c13-11(14)7-3-1-5-9-17-18-10-6-2-4-8-12(15)16/h1-10H2,(H,13,14)(H,15,16). The molecule has 0 unspecified atom stereocenters. The third-order valence-electron chi connectivity index (χ3n) is 2.32. The summed E-state index contributed by atoms with van der Waals surface area (Å²) in [6.45, 7) is 0. The zero-order valence-electron chi connectivity index (χ0n) is 10.6. The van der Waals surface area contributed by atoms with Crippen molar-refractivity contribution in [3.8, 4) is 0 Å². The van der Waals surface area contributed by atoms with Crippen molar-refractivity contribution in [2.24, 2.45) is 0 Å². The number of hydrogen-bond acceptors (Lipinski definition) is 2. The topological polar surface area (TPSA) is 74.6 Å². The first-order valence-electron chi connectivity index (χ1n) is 6.31. The Morgan fingerprint density at radius 1 is 0.667 bits per heavy atom. The Morgan fingerprint density at radius 2 is 1.06 bits per heavy atom. The second kappa shape index (κ2) is 13.4. The molecule has 0 aliphatic heterocycles. The molecule has 0 bridgehead atoms. The summed E-state index contributed by atoms with van der Waals surface area (Å²) in [6.07, 6.45) is 6.68. The van der Waals surface area contributed by atoms with Crippen molar-refractivity contribution in [1.82, 2.24) is 0 Å². The van der Waals surface area contributed by atoms with Crippen LogP contribution in [0.5, 0.6) is 0 Å². The molecule has 0 aromatic heterocycles. The molecule has 0 rings (SSSR count). The number of hydrogen-bond donors (Lipinski definition) is 2. The van der Waals surface area contributed by atoms with Crippen molar-refractivity contribution in [2.75, 3.05) is 0 Å². The molecule has 0 atom stereocenters. The van der Waals surface area contributed by atoms with Crippen LogP contribution in [-0.4, -0.2) is 48.4 Å². The zero-order chi connectivity index (χ0) is 13.6. The molecule has 0 aromatic rings. The maximum atomic E-state index is 10.3. The van der Waals surface area contributed by atoms with Gasteiger partial charge in [-0.1, -0.05) is 0 Å². The van der Waals surface area contributed by atoms with Crippen molar-refractivity contribution in [2.45, 2.75) is 62.0 Å². The fourth-order valence-electron chi connectivity index (χ4n) is 1.35. The van der Waals surface area contributed by atoms with Crippen LogP contribution in [0.2, 0.25) is 10.6 Å². The SMILES string of the molecule is O=C(O)CCCCC[Se][Se]CCCCCC(=O)O. The molecular weight excluding hydrogens is 366 g/mol. The monoisotopic (exact) mass is 390 g/mol. The summed E-state index contributed by atoms with van der Waals surface area (Å²) in [5, 5.41) is 19.5. The Labute approximate surface area is 120 Å². The Balaban J connectivity index is 2.99. The van der Waals surface area contributed by atoms with Crippen LogP contribution in [-0.2, 0) is 9.59 Å². The summed E-state index contributed by atoms with van der Waals surface area (Å²) < 4.78 is 0. The van der Waals surface area contributed by atoms with Gasteiger partial charge >= 0.3 is 120 Å². The predicted octanol–water partition coefficient (Wildman–Crippen LogP) is 2.44. The molecule has 6 heteroatoms. The number of rotatable bonds is 13. The van der Waals surface area contributed by atoms with Crippen LogP contribution in [0.15, 0.2) is 0 Å². The van der Waals surface area contributed by atoms with E-state index < -0.39 is 11.9 Å². The van der Waals surface area contributed by atoms with Crippen LogP contribution in [0.3, 0.4) is 0 Å². The normalized spacial score (nSPS) is 10.4. The zero-order valence-corrected chi connectivity index (χ0v) is 14.0. The Kier molecular flexibility index (Phi) is 13.4. The van der Waals surface area contributed by atoms with Gasteiger partial charge in [0.15, 0.2) is 0 Å². The molecule has 0 aromatic carbocycles. The van der Waals surface area contributed by atoms with E-state index in [1.165, 1.54) is 23.5 Å². The van der Waals surface area contributed by atoms with Crippen LogP contribution in [0.25, 0.3) is 0 Å². The van der Waals surface area contributed by atoms with Crippen molar-refractivity contribution in [1.29, 1.82) is 0 Å². The number of carboxylic acid groups (broad SMARTS) is 2. The Morgan fingerprint density at radius 3 is 1.39 bits per heavy atom. The van der Waals surface area contributed by atoms with E-state index in [4.69, 9.17) is 10.2 Å². The second-order valence-electron chi connectivity index (χ2n) is 4.05. The van der Waals surface area contributed by atoms with Gasteiger partial charge in [0.25, 0.3) is 0 Å². The summed E-state index contributed by atoms with van der Waals surface area (Å²) in [4.78, 5) is 20.5. The van der Waals surface area contributed by atoms with Gasteiger partial charge in [0, 0.05) is 0 Å². The fourth-order valence-corrected chi connectivity index (χ4v) is 8.33. The quantitative estimate of drug-likeness (QED) is 0.376. The molecule has 0 fully saturated rings. The molecule has 0 amide bonds. The molecule has 0 saturated heterocycles. The van der Waals surface area contributed by atoms with Crippen LogP contribution in [0.1, 0.15) is 51.4 Å². The van der Waals surface area contributed by atoms with Crippen LogP contribution in [0.4, 0.5) is 0 Å². The molecule has 0 heterocycles. The van der Waals surface area contributed by atoms with Gasteiger partial charge in [-0.15, -0.1) is 0 Å². The average molecular weight is 388 g/mol. The van der Waals surface area contributed by atoms with E-state index in [0.29, 0.717) is 12.8 Å². The number of carboxylic acids is 2. The molecule has 0 saturated carbocycles. The van der Waals surface area contributed by atoms with E-state index in [1.807, 2.05) is 0 Å². The Hall–Kier alpha value is -0.0210. The second-order valence-corrected chi connectivity index (χ2v) is 11.9. The average Bonchev–Trinajstić information content (AvgIpc) is 2.29. The van der Waals surface area contributed by atoms with Gasteiger partial charge < -0.3 is 0 Å². The molecule has 18 heavy (non-hydrogen) atoms. The van der Waals surface area contributed by atoms with Crippen molar-refractivity contribution in [3.63, 3.8) is 0 Å². The van der Waals surface area contributed by atoms with Crippen LogP contribution >= 0.6 is 0 Å². The summed E-state index contributed by atoms with van der Waals surface area (Å²) >= 11 is 1.51. The van der Waals surface area contributed by atoms with Gasteiger partial charge in [-0.25, -0.2) is 0 Å². The van der Waals surface area contributed by atoms with E-state index in [2.05, 4.69) is 0 Å². The number of aliphatic carboxylic acids is 2. The van der Waals surface area contributed by atoms with Crippen molar-refractivity contribution < 1.29 is 19.8 Å². The van der Waals surface area contributed by atoms with E-state index in [-0.39, 0.29) is 0 Å². The first kappa shape index (κ1) is 18.0. The fraction of sp³-hybridized carbons (Fsp3) is 0.833. The third-order valence-corrected chi connectivity index (χ3v) is 10.0. The number of unbranched alkanes of at least 4 members (excludes halogenated alkanes) is 4. The minimum absolute atomic E-state index is 0.307. The van der Waals surface area contributed by atoms with E-state index >= 15 is 0 Å². The van der Waals surface area contributed by atoms with E-state index in [1.54, 1.807) is 0 Å². The molecule has 4 nitrogen and oxygen atoms in total. The molecule has 106 valence electrons. The van der Waals surface area contributed by atoms with Crippen molar-refractivity contribution in [3.05, 3.63) is 0 Å². The van der Waals surface area contributed by atoms with Crippen LogP contribution < -0.4 is 0 Å². The first-order valence-corrected chi connectivity index (χ1v) is 13.1. The molecule has 0 spiro atoms. The third kappa shape index (κ3) is 16.0. The maximum absolute atomic E-state index is 10.3. The van der Waals surface area contributed by atoms with Crippen molar-refractivity contribution >= 4 is 38.2 Å². The summed E-state index contributed by atoms with van der Waals surface area (Å²) in [7, 11) is 0. The minimum atomic E-state index is -0.689. The van der Waals surface area contributed by atoms with Crippen LogP contribution in [0, 0.1) is 0 Å². The summed E-state index contributed by atoms with van der Waals surface area (Å²) in [6, 6.07) is 0. The molecule has 0 aliphatic carbocycles. The van der Waals surface area contributed by atoms with Gasteiger partial charge in [0.1, 0.15) is 0 Å². The van der Waals surface area contributed by atoms with Gasteiger partial charge in [-0.05, 0) is 0 Å². The van der Waals surface area contributed by atoms with Gasteiger partial charge in [0.2, 0.25) is 0 Å². The van der Waals surface area contributed by atoms with E-state index in [0.717, 1.165) is 51.9 Å². The Bertz CT molecular complexity index is 210.